The zero-order valence-electron chi connectivity index (χ0n) is 17.0. The van der Waals surface area contributed by atoms with Crippen LogP contribution in [0.4, 0.5) is 0 Å². The Balaban J connectivity index is 1.41. The van der Waals surface area contributed by atoms with Crippen molar-refractivity contribution in [1.29, 1.82) is 0 Å². The van der Waals surface area contributed by atoms with E-state index in [4.69, 9.17) is 0 Å². The van der Waals surface area contributed by atoms with Crippen molar-refractivity contribution in [2.75, 3.05) is 19.6 Å². The fourth-order valence-electron chi connectivity index (χ4n) is 6.00. The Labute approximate surface area is 167 Å². The summed E-state index contributed by atoms with van der Waals surface area (Å²) in [4.78, 5) is 5.42. The van der Waals surface area contributed by atoms with E-state index in [1.165, 1.54) is 42.9 Å². The second-order valence-electron chi connectivity index (χ2n) is 9.47. The van der Waals surface area contributed by atoms with E-state index >= 15 is 0 Å². The van der Waals surface area contributed by atoms with Gasteiger partial charge in [-0.05, 0) is 68.0 Å². The topological polar surface area (TPSA) is 55.4 Å². The van der Waals surface area contributed by atoms with E-state index in [0.717, 1.165) is 25.4 Å². The van der Waals surface area contributed by atoms with Crippen molar-refractivity contribution in [3.05, 3.63) is 47.3 Å². The van der Waals surface area contributed by atoms with Gasteiger partial charge in [-0.1, -0.05) is 26.0 Å². The number of phenols is 1. The highest BCUT2D eigenvalue weighted by molar-refractivity contribution is 5.33. The molecule has 2 bridgehead atoms. The largest absolute Gasteiger partial charge is 0.508 e. The number of rotatable bonds is 5. The van der Waals surface area contributed by atoms with Crippen LogP contribution in [0.3, 0.4) is 0 Å². The van der Waals surface area contributed by atoms with Crippen molar-refractivity contribution in [2.45, 2.75) is 57.7 Å². The molecule has 0 aliphatic carbocycles. The molecule has 0 radical (unpaired) electrons. The summed E-state index contributed by atoms with van der Waals surface area (Å²) >= 11 is 0. The quantitative estimate of drug-likeness (QED) is 0.835. The number of hydrogen-bond acceptors (Lipinski definition) is 4. The summed E-state index contributed by atoms with van der Waals surface area (Å²) in [5.41, 5.74) is 3.71. The molecular formula is C23H32N4O. The molecule has 5 heteroatoms. The van der Waals surface area contributed by atoms with E-state index in [9.17, 15) is 5.11 Å². The minimum absolute atomic E-state index is 0.385. The summed E-state index contributed by atoms with van der Waals surface area (Å²) in [6, 6.07) is 11.4. The molecule has 28 heavy (non-hydrogen) atoms. The SMILES string of the molecule is CC(C)Cc1cc(CN2C[C@H](c3cccc(O)c3)[C@H]3[C@@H]2C2CCN3CC2)[nH]n1. The van der Waals surface area contributed by atoms with E-state index in [1.54, 1.807) is 6.07 Å². The molecule has 1 aromatic carbocycles. The number of H-pyrrole nitrogens is 1. The lowest BCUT2D eigenvalue weighted by Gasteiger charge is -2.51. The average molecular weight is 381 g/mol. The van der Waals surface area contributed by atoms with Crippen molar-refractivity contribution in [3.63, 3.8) is 0 Å². The second-order valence-corrected chi connectivity index (χ2v) is 9.47. The first kappa shape index (κ1) is 18.2. The minimum atomic E-state index is 0.385. The Morgan fingerprint density at radius 2 is 2.00 bits per heavy atom. The number of phenolic OH excluding ortho intramolecular Hbond substituents is 1. The highest BCUT2D eigenvalue weighted by Gasteiger charge is 2.53. The van der Waals surface area contributed by atoms with Crippen LogP contribution in [0.5, 0.6) is 5.75 Å². The molecule has 1 aromatic heterocycles. The molecule has 6 rings (SSSR count). The van der Waals surface area contributed by atoms with Crippen LogP contribution in [0.1, 0.15) is 49.6 Å². The van der Waals surface area contributed by atoms with Crippen molar-refractivity contribution in [3.8, 4) is 5.75 Å². The fourth-order valence-corrected chi connectivity index (χ4v) is 6.00. The van der Waals surface area contributed by atoms with Crippen LogP contribution in [0.2, 0.25) is 0 Å². The first-order valence-electron chi connectivity index (χ1n) is 10.9. The summed E-state index contributed by atoms with van der Waals surface area (Å²) < 4.78 is 0. The van der Waals surface area contributed by atoms with Gasteiger partial charge in [-0.15, -0.1) is 0 Å². The number of benzene rings is 1. The van der Waals surface area contributed by atoms with Gasteiger partial charge < -0.3 is 5.11 Å². The summed E-state index contributed by atoms with van der Waals surface area (Å²) in [7, 11) is 0. The van der Waals surface area contributed by atoms with Crippen molar-refractivity contribution >= 4 is 0 Å². The van der Waals surface area contributed by atoms with Gasteiger partial charge in [-0.2, -0.15) is 5.10 Å². The maximum absolute atomic E-state index is 10.0. The van der Waals surface area contributed by atoms with Gasteiger partial charge in [0, 0.05) is 36.8 Å². The van der Waals surface area contributed by atoms with Gasteiger partial charge in [-0.3, -0.25) is 14.9 Å². The smallest absolute Gasteiger partial charge is 0.115 e. The van der Waals surface area contributed by atoms with Gasteiger partial charge in [-0.25, -0.2) is 0 Å². The van der Waals surface area contributed by atoms with Gasteiger partial charge >= 0.3 is 0 Å². The molecule has 5 nitrogen and oxygen atoms in total. The van der Waals surface area contributed by atoms with Gasteiger partial charge in [0.25, 0.3) is 0 Å². The number of hydrogen-bond donors (Lipinski definition) is 2. The van der Waals surface area contributed by atoms with Crippen LogP contribution >= 0.6 is 0 Å². The lowest BCUT2D eigenvalue weighted by Crippen LogP contribution is -2.60. The van der Waals surface area contributed by atoms with Gasteiger partial charge in [0.15, 0.2) is 0 Å². The average Bonchev–Trinajstić information content (AvgIpc) is 3.28. The fraction of sp³-hybridized carbons (Fsp3) is 0.609. The van der Waals surface area contributed by atoms with Crippen molar-refractivity contribution in [2.24, 2.45) is 11.8 Å². The molecular weight excluding hydrogens is 348 g/mol. The summed E-state index contributed by atoms with van der Waals surface area (Å²) in [6.45, 7) is 8.96. The first-order chi connectivity index (χ1) is 13.6. The number of fused-ring (bicyclic) bond motifs is 2. The van der Waals surface area contributed by atoms with E-state index in [2.05, 4.69) is 46.0 Å². The third-order valence-corrected chi connectivity index (χ3v) is 7.07. The lowest BCUT2D eigenvalue weighted by atomic mass is 9.75. The van der Waals surface area contributed by atoms with Crippen LogP contribution < -0.4 is 0 Å². The first-order valence-corrected chi connectivity index (χ1v) is 10.9. The zero-order valence-corrected chi connectivity index (χ0v) is 17.0. The van der Waals surface area contributed by atoms with E-state index < -0.39 is 0 Å². The molecule has 3 atom stereocenters. The molecule has 0 spiro atoms. The van der Waals surface area contributed by atoms with E-state index in [-0.39, 0.29) is 0 Å². The second kappa shape index (κ2) is 7.20. The molecule has 4 aliphatic rings. The summed E-state index contributed by atoms with van der Waals surface area (Å²) in [5.74, 6) is 2.29. The van der Waals surface area contributed by atoms with Crippen LogP contribution in [-0.2, 0) is 13.0 Å². The molecule has 0 unspecified atom stereocenters. The molecule has 0 saturated carbocycles. The number of nitrogens with zero attached hydrogens (tertiary/aromatic N) is 3. The monoisotopic (exact) mass is 380 g/mol. The number of aromatic nitrogens is 2. The van der Waals surface area contributed by atoms with Gasteiger partial charge in [0.05, 0.1) is 5.69 Å². The third-order valence-electron chi connectivity index (χ3n) is 7.07. The molecule has 2 N–H and O–H groups in total. The Morgan fingerprint density at radius 1 is 1.18 bits per heavy atom. The normalized spacial score (nSPS) is 32.2. The number of likely N-dealkylation sites (tertiary alicyclic amines) is 1. The lowest BCUT2D eigenvalue weighted by molar-refractivity contribution is -0.00898. The maximum Gasteiger partial charge on any atom is 0.115 e. The molecule has 4 aliphatic heterocycles. The predicted octanol–water partition coefficient (Wildman–Crippen LogP) is 3.38. The molecule has 2 aromatic rings. The number of piperidine rings is 3. The molecule has 0 amide bonds. The zero-order chi connectivity index (χ0) is 19.3. The number of aromatic amines is 1. The van der Waals surface area contributed by atoms with Gasteiger partial charge in [0.1, 0.15) is 5.75 Å². The van der Waals surface area contributed by atoms with Crippen LogP contribution in [0.15, 0.2) is 30.3 Å². The van der Waals surface area contributed by atoms with Crippen LogP contribution in [0, 0.1) is 11.8 Å². The molecule has 5 heterocycles. The highest BCUT2D eigenvalue weighted by atomic mass is 16.3. The summed E-state index contributed by atoms with van der Waals surface area (Å²) in [6.07, 6.45) is 3.68. The molecule has 4 fully saturated rings. The third kappa shape index (κ3) is 3.25. The number of aromatic hydroxyl groups is 1. The van der Waals surface area contributed by atoms with E-state index in [0.29, 0.717) is 29.7 Å². The molecule has 150 valence electrons. The Bertz CT molecular complexity index is 824. The van der Waals surface area contributed by atoms with Crippen molar-refractivity contribution in [1.82, 2.24) is 20.0 Å². The highest BCUT2D eigenvalue weighted by Crippen LogP contribution is 2.47. The predicted molar refractivity (Wildman–Crippen MR) is 110 cm³/mol. The number of nitrogens with one attached hydrogen (secondary N) is 1. The Hall–Kier alpha value is -1.85. The van der Waals surface area contributed by atoms with Gasteiger partial charge in [0.2, 0.25) is 0 Å². The van der Waals surface area contributed by atoms with Crippen LogP contribution in [0.25, 0.3) is 0 Å². The maximum atomic E-state index is 10.0. The van der Waals surface area contributed by atoms with Crippen LogP contribution in [-0.4, -0.2) is 56.8 Å². The molecule has 4 saturated heterocycles. The Morgan fingerprint density at radius 3 is 2.75 bits per heavy atom. The standard InChI is InChI=1S/C23H32N4O/c1-15(2)10-18-12-19(25-24-18)13-27-14-21(17-4-3-5-20(28)11-17)23-22(27)16-6-8-26(23)9-7-16/h3-5,11-12,15-16,21-23,28H,6-10,13-14H2,1-2H3,(H,24,25)/t21-,22+,23+/m1/s1. The van der Waals surface area contributed by atoms with Crippen molar-refractivity contribution < 1.29 is 5.11 Å². The van der Waals surface area contributed by atoms with E-state index in [1.807, 2.05) is 12.1 Å². The summed E-state index contributed by atoms with van der Waals surface area (Å²) in [5, 5.41) is 17.9. The Kier molecular flexibility index (Phi) is 4.68. The minimum Gasteiger partial charge on any atom is -0.508 e.